The summed E-state index contributed by atoms with van der Waals surface area (Å²) in [5, 5.41) is 0. The Balaban J connectivity index is 1.70. The average molecular weight is 344 g/mol. The summed E-state index contributed by atoms with van der Waals surface area (Å²) in [4.78, 5) is 18.3. The van der Waals surface area contributed by atoms with Gasteiger partial charge in [0.2, 0.25) is 5.91 Å². The van der Waals surface area contributed by atoms with Crippen molar-refractivity contribution in [3.63, 3.8) is 0 Å². The van der Waals surface area contributed by atoms with E-state index in [9.17, 15) is 18.0 Å². The Morgan fingerprint density at radius 2 is 1.92 bits per heavy atom. The predicted molar refractivity (Wildman–Crippen MR) is 89.3 cm³/mol. The van der Waals surface area contributed by atoms with Gasteiger partial charge in [0.25, 0.3) is 0 Å². The van der Waals surface area contributed by atoms with E-state index in [0.717, 1.165) is 34.7 Å². The molecule has 0 N–H and O–H groups in total. The lowest BCUT2D eigenvalue weighted by Crippen LogP contribution is -2.41. The van der Waals surface area contributed by atoms with Crippen LogP contribution in [0, 0.1) is 0 Å². The molecule has 4 rings (SSSR count). The van der Waals surface area contributed by atoms with Crippen LogP contribution in [0.4, 0.5) is 24.5 Å². The third kappa shape index (κ3) is 2.62. The van der Waals surface area contributed by atoms with Gasteiger partial charge < -0.3 is 4.90 Å². The third-order valence-corrected chi connectivity index (χ3v) is 4.75. The van der Waals surface area contributed by atoms with Gasteiger partial charge >= 0.3 is 6.18 Å². The molecule has 1 atom stereocenters. The molecule has 3 nitrogen and oxygen atoms in total. The quantitative estimate of drug-likeness (QED) is 0.759. The zero-order valence-electron chi connectivity index (χ0n) is 13.5. The first-order valence-electron chi connectivity index (χ1n) is 8.00. The molecular weight excluding hydrogens is 329 g/mol. The highest BCUT2D eigenvalue weighted by atomic mass is 19.4. The zero-order chi connectivity index (χ0) is 17.8. The lowest BCUT2D eigenvalue weighted by atomic mass is 10.0. The van der Waals surface area contributed by atoms with E-state index in [1.54, 1.807) is 4.90 Å². The van der Waals surface area contributed by atoms with Crippen LogP contribution in [0.15, 0.2) is 47.5 Å². The Hall–Kier alpha value is -2.63. The molecule has 0 spiro atoms. The molecule has 2 aromatic carbocycles. The number of alkyl halides is 3. The Morgan fingerprint density at radius 3 is 2.64 bits per heavy atom. The molecular formula is C19H15F3N2O. The summed E-state index contributed by atoms with van der Waals surface area (Å²) in [5.74, 6) is -0.0930. The van der Waals surface area contributed by atoms with Crippen LogP contribution in [0.25, 0.3) is 0 Å². The second kappa shape index (κ2) is 5.44. The van der Waals surface area contributed by atoms with Crippen molar-refractivity contribution < 1.29 is 18.0 Å². The van der Waals surface area contributed by atoms with E-state index in [4.69, 9.17) is 0 Å². The van der Waals surface area contributed by atoms with Crippen molar-refractivity contribution in [3.05, 3.63) is 59.2 Å². The van der Waals surface area contributed by atoms with Gasteiger partial charge in [-0.15, -0.1) is 0 Å². The molecule has 6 heteroatoms. The molecule has 1 unspecified atom stereocenters. The molecule has 0 radical (unpaired) electrons. The van der Waals surface area contributed by atoms with Crippen LogP contribution < -0.4 is 4.90 Å². The highest BCUT2D eigenvalue weighted by Crippen LogP contribution is 2.39. The maximum atomic E-state index is 12.9. The fourth-order valence-electron chi connectivity index (χ4n) is 3.62. The first kappa shape index (κ1) is 15.9. The molecule has 2 aromatic rings. The standard InChI is InChI=1S/C19H15F3N2O/c1-11(25)24-17-5-3-2-4-13(17)9-18(24)16-8-12-6-7-14(19(20,21)22)10-15(12)23-16/h2-7,10,18H,8-9H2,1H3. The van der Waals surface area contributed by atoms with Gasteiger partial charge in [0.05, 0.1) is 17.3 Å². The van der Waals surface area contributed by atoms with Gasteiger partial charge in [-0.25, -0.2) is 0 Å². The molecule has 0 saturated carbocycles. The molecule has 0 aromatic heterocycles. The van der Waals surface area contributed by atoms with Gasteiger partial charge in [-0.1, -0.05) is 24.3 Å². The van der Waals surface area contributed by atoms with Gasteiger partial charge in [0.1, 0.15) is 0 Å². The summed E-state index contributed by atoms with van der Waals surface area (Å²) in [6.45, 7) is 1.50. The van der Waals surface area contributed by atoms with Crippen LogP contribution in [-0.2, 0) is 23.8 Å². The number of halogens is 3. The van der Waals surface area contributed by atoms with Crippen molar-refractivity contribution in [2.75, 3.05) is 4.90 Å². The fourth-order valence-corrected chi connectivity index (χ4v) is 3.62. The maximum absolute atomic E-state index is 12.9. The Labute approximate surface area is 142 Å². The van der Waals surface area contributed by atoms with E-state index in [0.29, 0.717) is 18.5 Å². The number of para-hydroxylation sites is 1. The van der Waals surface area contributed by atoms with Crippen molar-refractivity contribution in [2.24, 2.45) is 4.99 Å². The van der Waals surface area contributed by atoms with Gasteiger partial charge in [-0.2, -0.15) is 13.2 Å². The number of rotatable bonds is 1. The minimum Gasteiger partial charge on any atom is -0.303 e. The van der Waals surface area contributed by atoms with E-state index in [1.807, 2.05) is 24.3 Å². The highest BCUT2D eigenvalue weighted by Gasteiger charge is 2.37. The minimum atomic E-state index is -4.39. The van der Waals surface area contributed by atoms with E-state index in [-0.39, 0.29) is 11.9 Å². The number of aliphatic imine (C=N–C) groups is 1. The number of amides is 1. The van der Waals surface area contributed by atoms with E-state index in [2.05, 4.69) is 4.99 Å². The van der Waals surface area contributed by atoms with Crippen LogP contribution in [0.5, 0.6) is 0 Å². The van der Waals surface area contributed by atoms with Crippen LogP contribution in [0.3, 0.4) is 0 Å². The van der Waals surface area contributed by atoms with E-state index in [1.165, 1.54) is 13.0 Å². The number of carbonyl (C=O) groups is 1. The maximum Gasteiger partial charge on any atom is 0.416 e. The molecule has 25 heavy (non-hydrogen) atoms. The number of benzene rings is 2. The van der Waals surface area contributed by atoms with Crippen molar-refractivity contribution in [2.45, 2.75) is 32.0 Å². The molecule has 2 aliphatic rings. The lowest BCUT2D eigenvalue weighted by Gasteiger charge is -2.24. The van der Waals surface area contributed by atoms with Crippen molar-refractivity contribution in [1.29, 1.82) is 0 Å². The minimum absolute atomic E-state index is 0.0930. The first-order valence-corrected chi connectivity index (χ1v) is 8.00. The molecule has 2 heterocycles. The van der Waals surface area contributed by atoms with Gasteiger partial charge in [0, 0.05) is 31.2 Å². The Bertz CT molecular complexity index is 902. The molecule has 2 aliphatic heterocycles. The number of carbonyl (C=O) groups excluding carboxylic acids is 1. The second-order valence-electron chi connectivity index (χ2n) is 6.36. The molecule has 0 aliphatic carbocycles. The van der Waals surface area contributed by atoms with Crippen LogP contribution in [0.1, 0.15) is 23.6 Å². The number of fused-ring (bicyclic) bond motifs is 2. The van der Waals surface area contributed by atoms with Crippen LogP contribution in [0.2, 0.25) is 0 Å². The van der Waals surface area contributed by atoms with Gasteiger partial charge in [-0.3, -0.25) is 9.79 Å². The Morgan fingerprint density at radius 1 is 1.16 bits per heavy atom. The number of anilines is 1. The zero-order valence-corrected chi connectivity index (χ0v) is 13.5. The van der Waals surface area contributed by atoms with E-state index < -0.39 is 11.7 Å². The normalized spacial score (nSPS) is 18.8. The summed E-state index contributed by atoms with van der Waals surface area (Å²) in [6, 6.07) is 11.1. The molecule has 0 saturated heterocycles. The third-order valence-electron chi connectivity index (χ3n) is 4.75. The topological polar surface area (TPSA) is 32.7 Å². The molecule has 0 fully saturated rings. The Kier molecular flexibility index (Phi) is 3.45. The van der Waals surface area contributed by atoms with Crippen molar-refractivity contribution >= 4 is 23.0 Å². The predicted octanol–water partition coefficient (Wildman–Crippen LogP) is 4.31. The summed E-state index contributed by atoms with van der Waals surface area (Å²) in [7, 11) is 0. The molecule has 128 valence electrons. The lowest BCUT2D eigenvalue weighted by molar-refractivity contribution is -0.137. The van der Waals surface area contributed by atoms with Crippen molar-refractivity contribution in [1.82, 2.24) is 0 Å². The highest BCUT2D eigenvalue weighted by molar-refractivity contribution is 6.08. The fraction of sp³-hybridized carbons (Fsp3) is 0.263. The smallest absolute Gasteiger partial charge is 0.303 e. The summed E-state index contributed by atoms with van der Waals surface area (Å²) in [6.07, 6.45) is -3.28. The average Bonchev–Trinajstić information content (AvgIpc) is 3.14. The SMILES string of the molecule is CC(=O)N1c2ccccc2CC1C1=Nc2cc(C(F)(F)F)ccc2C1. The second-order valence-corrected chi connectivity index (χ2v) is 6.36. The van der Waals surface area contributed by atoms with Gasteiger partial charge in [-0.05, 0) is 29.3 Å². The first-order chi connectivity index (χ1) is 11.8. The number of nitrogens with zero attached hydrogens (tertiary/aromatic N) is 2. The summed E-state index contributed by atoms with van der Waals surface area (Å²) in [5.41, 5.74) is 3.06. The summed E-state index contributed by atoms with van der Waals surface area (Å²) >= 11 is 0. The van der Waals surface area contributed by atoms with E-state index >= 15 is 0 Å². The summed E-state index contributed by atoms with van der Waals surface area (Å²) < 4.78 is 38.7. The number of hydrogen-bond acceptors (Lipinski definition) is 2. The van der Waals surface area contributed by atoms with Crippen molar-refractivity contribution in [3.8, 4) is 0 Å². The largest absolute Gasteiger partial charge is 0.416 e. The van der Waals surface area contributed by atoms with Crippen LogP contribution >= 0.6 is 0 Å². The molecule has 1 amide bonds. The monoisotopic (exact) mass is 344 g/mol. The van der Waals surface area contributed by atoms with Gasteiger partial charge in [0.15, 0.2) is 0 Å². The van der Waals surface area contributed by atoms with Crippen LogP contribution in [-0.4, -0.2) is 17.7 Å². The molecule has 0 bridgehead atoms. The number of hydrogen-bond donors (Lipinski definition) is 0.